The van der Waals surface area contributed by atoms with Crippen LogP contribution in [0.1, 0.15) is 41.0 Å². The van der Waals surface area contributed by atoms with Crippen LogP contribution in [0.2, 0.25) is 0 Å². The summed E-state index contributed by atoms with van der Waals surface area (Å²) in [6, 6.07) is 12.7. The van der Waals surface area contributed by atoms with E-state index in [1.54, 1.807) is 21.7 Å². The number of nitrogens with zero attached hydrogens (tertiary/aromatic N) is 5. The third-order valence-corrected chi connectivity index (χ3v) is 5.09. The second kappa shape index (κ2) is 7.83. The first-order valence-electron chi connectivity index (χ1n) is 9.61. The normalized spacial score (nSPS) is 14.1. The Morgan fingerprint density at radius 3 is 2.55 bits per heavy atom. The summed E-state index contributed by atoms with van der Waals surface area (Å²) in [5.74, 6) is 0.586. The highest BCUT2D eigenvalue weighted by atomic mass is 16.2. The SMILES string of the molecule is Cc1ccc(NC(=O)c2ccc(N3CCCCC3=O)cc2)cc1-n1nnnc1C. The number of benzene rings is 2. The first-order chi connectivity index (χ1) is 14.0. The molecule has 2 aromatic carbocycles. The third-order valence-electron chi connectivity index (χ3n) is 5.09. The number of aromatic nitrogens is 4. The van der Waals surface area contributed by atoms with Gasteiger partial charge in [0.1, 0.15) is 0 Å². The van der Waals surface area contributed by atoms with Crippen molar-refractivity contribution in [3.8, 4) is 5.69 Å². The Balaban J connectivity index is 1.51. The van der Waals surface area contributed by atoms with Gasteiger partial charge >= 0.3 is 0 Å². The number of amides is 2. The van der Waals surface area contributed by atoms with E-state index in [1.807, 2.05) is 44.2 Å². The molecule has 0 aliphatic carbocycles. The zero-order valence-electron chi connectivity index (χ0n) is 16.4. The first-order valence-corrected chi connectivity index (χ1v) is 9.61. The lowest BCUT2D eigenvalue weighted by atomic mass is 10.1. The van der Waals surface area contributed by atoms with Crippen LogP contribution in [0.4, 0.5) is 11.4 Å². The molecule has 148 valence electrons. The monoisotopic (exact) mass is 390 g/mol. The van der Waals surface area contributed by atoms with Crippen molar-refractivity contribution >= 4 is 23.2 Å². The van der Waals surface area contributed by atoms with Gasteiger partial charge in [0.15, 0.2) is 5.82 Å². The minimum atomic E-state index is -0.218. The van der Waals surface area contributed by atoms with Crippen LogP contribution in [0.3, 0.4) is 0 Å². The van der Waals surface area contributed by atoms with Gasteiger partial charge in [-0.1, -0.05) is 6.07 Å². The predicted octanol–water partition coefficient (Wildman–Crippen LogP) is 3.05. The van der Waals surface area contributed by atoms with Gasteiger partial charge in [-0.3, -0.25) is 9.59 Å². The Hall–Kier alpha value is -3.55. The van der Waals surface area contributed by atoms with Crippen molar-refractivity contribution in [2.45, 2.75) is 33.1 Å². The molecule has 29 heavy (non-hydrogen) atoms. The van der Waals surface area contributed by atoms with Crippen LogP contribution in [-0.2, 0) is 4.79 Å². The van der Waals surface area contributed by atoms with Crippen LogP contribution < -0.4 is 10.2 Å². The molecule has 4 rings (SSSR count). The second-order valence-corrected chi connectivity index (χ2v) is 7.14. The van der Waals surface area contributed by atoms with Gasteiger partial charge in [0, 0.05) is 29.9 Å². The number of carbonyl (C=O) groups excluding carboxylic acids is 2. The first kappa shape index (κ1) is 18.8. The molecule has 0 radical (unpaired) electrons. The van der Waals surface area contributed by atoms with Crippen LogP contribution in [0.5, 0.6) is 0 Å². The average Bonchev–Trinajstić information content (AvgIpc) is 3.15. The Bertz CT molecular complexity index is 1060. The molecule has 1 fully saturated rings. The molecule has 1 aromatic heterocycles. The molecule has 1 N–H and O–H groups in total. The highest BCUT2D eigenvalue weighted by Crippen LogP contribution is 2.23. The maximum atomic E-state index is 12.7. The molecule has 0 spiro atoms. The Kier molecular flexibility index (Phi) is 5.07. The fourth-order valence-corrected chi connectivity index (χ4v) is 3.44. The highest BCUT2D eigenvalue weighted by Gasteiger charge is 2.19. The number of aryl methyl sites for hydroxylation is 2. The van der Waals surface area contributed by atoms with Gasteiger partial charge in [0.2, 0.25) is 5.91 Å². The van der Waals surface area contributed by atoms with E-state index in [0.29, 0.717) is 23.5 Å². The number of tetrazole rings is 1. The summed E-state index contributed by atoms with van der Waals surface area (Å²) < 4.78 is 1.63. The lowest BCUT2D eigenvalue weighted by molar-refractivity contribution is -0.119. The number of hydrogen-bond acceptors (Lipinski definition) is 5. The van der Waals surface area contributed by atoms with Crippen LogP contribution >= 0.6 is 0 Å². The second-order valence-electron chi connectivity index (χ2n) is 7.14. The molecule has 0 unspecified atom stereocenters. The topological polar surface area (TPSA) is 93.0 Å². The molecule has 1 aliphatic rings. The molecule has 2 amide bonds. The van der Waals surface area contributed by atoms with Gasteiger partial charge in [-0.15, -0.1) is 5.10 Å². The summed E-state index contributed by atoms with van der Waals surface area (Å²) in [5.41, 5.74) is 3.82. The van der Waals surface area contributed by atoms with Crippen LogP contribution in [0.25, 0.3) is 5.69 Å². The number of anilines is 2. The molecule has 0 atom stereocenters. The molecule has 8 heteroatoms. The van der Waals surface area contributed by atoms with E-state index in [4.69, 9.17) is 0 Å². The molecular formula is C21H22N6O2. The number of nitrogens with one attached hydrogen (secondary N) is 1. The van der Waals surface area contributed by atoms with E-state index in [0.717, 1.165) is 36.3 Å². The summed E-state index contributed by atoms with van der Waals surface area (Å²) in [6.45, 7) is 4.51. The van der Waals surface area contributed by atoms with E-state index >= 15 is 0 Å². The summed E-state index contributed by atoms with van der Waals surface area (Å²) in [6.07, 6.45) is 2.53. The van der Waals surface area contributed by atoms with Gasteiger partial charge in [0.25, 0.3) is 5.91 Å². The minimum absolute atomic E-state index is 0.138. The van der Waals surface area contributed by atoms with Gasteiger partial charge in [-0.2, -0.15) is 4.68 Å². The van der Waals surface area contributed by atoms with E-state index < -0.39 is 0 Å². The molecular weight excluding hydrogens is 368 g/mol. The molecule has 1 aliphatic heterocycles. The summed E-state index contributed by atoms with van der Waals surface area (Å²) in [7, 11) is 0. The molecule has 1 saturated heterocycles. The largest absolute Gasteiger partial charge is 0.322 e. The number of piperidine rings is 1. The minimum Gasteiger partial charge on any atom is -0.322 e. The van der Waals surface area contributed by atoms with E-state index in [-0.39, 0.29) is 11.8 Å². The van der Waals surface area contributed by atoms with E-state index in [1.165, 1.54) is 0 Å². The van der Waals surface area contributed by atoms with Gasteiger partial charge in [-0.25, -0.2) is 0 Å². The van der Waals surface area contributed by atoms with Crippen molar-refractivity contribution in [1.29, 1.82) is 0 Å². The van der Waals surface area contributed by atoms with E-state index in [2.05, 4.69) is 20.8 Å². The molecule has 2 heterocycles. The van der Waals surface area contributed by atoms with Crippen molar-refractivity contribution in [2.75, 3.05) is 16.8 Å². The standard InChI is InChI=1S/C21H22N6O2/c1-14-6-9-17(13-19(14)27-15(2)23-24-25-27)22-21(29)16-7-10-18(11-8-16)26-12-4-3-5-20(26)28/h6-11,13H,3-5,12H2,1-2H3,(H,22,29). The van der Waals surface area contributed by atoms with Crippen LogP contribution in [-0.4, -0.2) is 38.6 Å². The lowest BCUT2D eigenvalue weighted by Gasteiger charge is -2.26. The smallest absolute Gasteiger partial charge is 0.255 e. The molecule has 8 nitrogen and oxygen atoms in total. The predicted molar refractivity (Wildman–Crippen MR) is 109 cm³/mol. The van der Waals surface area contributed by atoms with Crippen molar-refractivity contribution < 1.29 is 9.59 Å². The quantitative estimate of drug-likeness (QED) is 0.739. The van der Waals surface area contributed by atoms with Crippen molar-refractivity contribution in [3.63, 3.8) is 0 Å². The van der Waals surface area contributed by atoms with E-state index in [9.17, 15) is 9.59 Å². The zero-order valence-corrected chi connectivity index (χ0v) is 16.4. The van der Waals surface area contributed by atoms with Crippen LogP contribution in [0.15, 0.2) is 42.5 Å². The van der Waals surface area contributed by atoms with Gasteiger partial charge < -0.3 is 10.2 Å². The summed E-state index contributed by atoms with van der Waals surface area (Å²) >= 11 is 0. The molecule has 0 bridgehead atoms. The Morgan fingerprint density at radius 2 is 1.86 bits per heavy atom. The number of carbonyl (C=O) groups is 2. The maximum absolute atomic E-state index is 12.7. The highest BCUT2D eigenvalue weighted by molar-refractivity contribution is 6.05. The van der Waals surface area contributed by atoms with Crippen molar-refractivity contribution in [1.82, 2.24) is 20.2 Å². The maximum Gasteiger partial charge on any atom is 0.255 e. The summed E-state index contributed by atoms with van der Waals surface area (Å²) in [4.78, 5) is 26.5. The number of rotatable bonds is 4. The average molecular weight is 390 g/mol. The summed E-state index contributed by atoms with van der Waals surface area (Å²) in [5, 5.41) is 14.5. The molecule has 0 saturated carbocycles. The van der Waals surface area contributed by atoms with Gasteiger partial charge in [0.05, 0.1) is 5.69 Å². The Morgan fingerprint density at radius 1 is 1.07 bits per heavy atom. The third kappa shape index (κ3) is 3.87. The van der Waals surface area contributed by atoms with Crippen LogP contribution in [0, 0.1) is 13.8 Å². The lowest BCUT2D eigenvalue weighted by Crippen LogP contribution is -2.35. The fourth-order valence-electron chi connectivity index (χ4n) is 3.44. The van der Waals surface area contributed by atoms with Gasteiger partial charge in [-0.05, 0) is 79.1 Å². The molecule has 3 aromatic rings. The van der Waals surface area contributed by atoms with Crippen molar-refractivity contribution in [3.05, 3.63) is 59.4 Å². The Labute approximate surface area is 168 Å². The zero-order chi connectivity index (χ0) is 20.4. The number of hydrogen-bond donors (Lipinski definition) is 1. The van der Waals surface area contributed by atoms with Crippen molar-refractivity contribution in [2.24, 2.45) is 0 Å². The fraction of sp³-hybridized carbons (Fsp3) is 0.286.